The van der Waals surface area contributed by atoms with Crippen LogP contribution in [0.4, 0.5) is 0 Å². The molecule has 0 amide bonds. The van der Waals surface area contributed by atoms with Gasteiger partial charge in [0.15, 0.2) is 0 Å². The summed E-state index contributed by atoms with van der Waals surface area (Å²) < 4.78 is 5.40. The summed E-state index contributed by atoms with van der Waals surface area (Å²) in [6, 6.07) is 5.81. The van der Waals surface area contributed by atoms with E-state index >= 15 is 0 Å². The fraction of sp³-hybridized carbons (Fsp3) is 0.571. The number of methoxy groups -OCH3 is 1. The van der Waals surface area contributed by atoms with E-state index in [4.69, 9.17) is 16.3 Å². The number of alkyl halides is 1. The maximum atomic E-state index is 6.06. The SMILES string of the molecule is COc1ccc(Cl)cc1CC(C)(CBr)C(C)C. The van der Waals surface area contributed by atoms with Crippen molar-refractivity contribution in [2.24, 2.45) is 11.3 Å². The Bertz CT molecular complexity index is 378. The molecule has 0 heterocycles. The molecule has 0 radical (unpaired) electrons. The molecule has 0 aliphatic carbocycles. The quantitative estimate of drug-likeness (QED) is 0.698. The number of rotatable bonds is 5. The number of benzene rings is 1. The van der Waals surface area contributed by atoms with Crippen molar-refractivity contribution >= 4 is 27.5 Å². The zero-order valence-electron chi connectivity index (χ0n) is 10.9. The lowest BCUT2D eigenvalue weighted by Gasteiger charge is -2.32. The van der Waals surface area contributed by atoms with Crippen LogP contribution in [0.1, 0.15) is 26.3 Å². The third-order valence-corrected chi connectivity index (χ3v) is 5.05. The van der Waals surface area contributed by atoms with E-state index in [-0.39, 0.29) is 5.41 Å². The zero-order valence-corrected chi connectivity index (χ0v) is 13.2. The molecule has 0 saturated carbocycles. The Morgan fingerprint density at radius 3 is 2.53 bits per heavy atom. The molecule has 96 valence electrons. The zero-order chi connectivity index (χ0) is 13.1. The van der Waals surface area contributed by atoms with Crippen LogP contribution in [-0.4, -0.2) is 12.4 Å². The standard InChI is InChI=1S/C14H20BrClO/c1-10(2)14(3,9-15)8-11-7-12(16)5-6-13(11)17-4/h5-7,10H,8-9H2,1-4H3. The van der Waals surface area contributed by atoms with Crippen LogP contribution in [0.3, 0.4) is 0 Å². The second kappa shape index (κ2) is 6.10. The molecular formula is C14H20BrClO. The normalized spacial score (nSPS) is 14.8. The average molecular weight is 320 g/mol. The maximum absolute atomic E-state index is 6.06. The number of halogens is 2. The van der Waals surface area contributed by atoms with Crippen molar-refractivity contribution in [3.05, 3.63) is 28.8 Å². The minimum atomic E-state index is 0.206. The van der Waals surface area contributed by atoms with Gasteiger partial charge in [-0.1, -0.05) is 48.3 Å². The molecular weight excluding hydrogens is 300 g/mol. The van der Waals surface area contributed by atoms with Crippen LogP contribution in [0.2, 0.25) is 5.02 Å². The lowest BCUT2D eigenvalue weighted by atomic mass is 9.76. The van der Waals surface area contributed by atoms with Crippen LogP contribution in [0, 0.1) is 11.3 Å². The molecule has 3 heteroatoms. The van der Waals surface area contributed by atoms with Gasteiger partial charge in [0.25, 0.3) is 0 Å². The number of hydrogen-bond donors (Lipinski definition) is 0. The van der Waals surface area contributed by atoms with Crippen molar-refractivity contribution in [2.75, 3.05) is 12.4 Å². The van der Waals surface area contributed by atoms with E-state index in [1.165, 1.54) is 5.56 Å². The van der Waals surface area contributed by atoms with Crippen molar-refractivity contribution in [2.45, 2.75) is 27.2 Å². The molecule has 1 rings (SSSR count). The highest BCUT2D eigenvalue weighted by molar-refractivity contribution is 9.09. The van der Waals surface area contributed by atoms with Crippen LogP contribution >= 0.6 is 27.5 Å². The molecule has 0 aliphatic rings. The Morgan fingerprint density at radius 2 is 2.06 bits per heavy atom. The molecule has 17 heavy (non-hydrogen) atoms. The highest BCUT2D eigenvalue weighted by Gasteiger charge is 2.28. The van der Waals surface area contributed by atoms with E-state index in [9.17, 15) is 0 Å². The monoisotopic (exact) mass is 318 g/mol. The lowest BCUT2D eigenvalue weighted by molar-refractivity contribution is 0.254. The van der Waals surface area contributed by atoms with E-state index in [1.807, 2.05) is 18.2 Å². The number of ether oxygens (including phenoxy) is 1. The average Bonchev–Trinajstić information content (AvgIpc) is 2.29. The van der Waals surface area contributed by atoms with Gasteiger partial charge >= 0.3 is 0 Å². The Hall–Kier alpha value is -0.210. The summed E-state index contributed by atoms with van der Waals surface area (Å²) in [5, 5.41) is 1.73. The van der Waals surface area contributed by atoms with Crippen molar-refractivity contribution < 1.29 is 4.74 Å². The smallest absolute Gasteiger partial charge is 0.122 e. The van der Waals surface area contributed by atoms with Gasteiger partial charge in [0.2, 0.25) is 0 Å². The van der Waals surface area contributed by atoms with E-state index in [1.54, 1.807) is 7.11 Å². The van der Waals surface area contributed by atoms with Crippen molar-refractivity contribution in [1.29, 1.82) is 0 Å². The molecule has 0 N–H and O–H groups in total. The molecule has 1 unspecified atom stereocenters. The predicted octanol–water partition coefficient (Wildman–Crippen LogP) is 4.95. The highest BCUT2D eigenvalue weighted by atomic mass is 79.9. The van der Waals surface area contributed by atoms with Crippen LogP contribution in [0.25, 0.3) is 0 Å². The first-order valence-electron chi connectivity index (χ1n) is 5.81. The first-order valence-corrected chi connectivity index (χ1v) is 7.31. The number of hydrogen-bond acceptors (Lipinski definition) is 1. The van der Waals surface area contributed by atoms with E-state index in [2.05, 4.69) is 36.7 Å². The van der Waals surface area contributed by atoms with Gasteiger partial charge in [-0.15, -0.1) is 0 Å². The molecule has 0 aliphatic heterocycles. The van der Waals surface area contributed by atoms with E-state index < -0.39 is 0 Å². The summed E-state index contributed by atoms with van der Waals surface area (Å²) in [5.41, 5.74) is 1.38. The van der Waals surface area contributed by atoms with Gasteiger partial charge in [-0.05, 0) is 41.5 Å². The predicted molar refractivity (Wildman–Crippen MR) is 78.4 cm³/mol. The maximum Gasteiger partial charge on any atom is 0.122 e. The molecule has 1 atom stereocenters. The Labute approximate surface area is 118 Å². The van der Waals surface area contributed by atoms with Crippen LogP contribution in [0.15, 0.2) is 18.2 Å². The summed E-state index contributed by atoms with van der Waals surface area (Å²) in [7, 11) is 1.70. The second-order valence-corrected chi connectivity index (χ2v) is 6.07. The summed E-state index contributed by atoms with van der Waals surface area (Å²) in [4.78, 5) is 0. The molecule has 0 saturated heterocycles. The van der Waals surface area contributed by atoms with Gasteiger partial charge in [-0.25, -0.2) is 0 Å². The molecule has 0 bridgehead atoms. The van der Waals surface area contributed by atoms with Gasteiger partial charge in [0.1, 0.15) is 5.75 Å². The van der Waals surface area contributed by atoms with Crippen LogP contribution in [0.5, 0.6) is 5.75 Å². The minimum absolute atomic E-state index is 0.206. The largest absolute Gasteiger partial charge is 0.496 e. The summed E-state index contributed by atoms with van der Waals surface area (Å²) in [5.74, 6) is 1.51. The fourth-order valence-electron chi connectivity index (χ4n) is 1.73. The topological polar surface area (TPSA) is 9.23 Å². The van der Waals surface area contributed by atoms with Crippen molar-refractivity contribution in [1.82, 2.24) is 0 Å². The summed E-state index contributed by atoms with van der Waals surface area (Å²) in [6.07, 6.45) is 0.958. The minimum Gasteiger partial charge on any atom is -0.496 e. The summed E-state index contributed by atoms with van der Waals surface area (Å²) >= 11 is 9.68. The molecule has 0 fully saturated rings. The Morgan fingerprint density at radius 1 is 1.41 bits per heavy atom. The molecule has 0 aromatic heterocycles. The first kappa shape index (κ1) is 14.8. The third kappa shape index (κ3) is 3.62. The van der Waals surface area contributed by atoms with Gasteiger partial charge in [-0.2, -0.15) is 0 Å². The Balaban J connectivity index is 3.04. The molecule has 0 spiro atoms. The molecule has 1 aromatic rings. The molecule has 1 nitrogen and oxygen atoms in total. The van der Waals surface area contributed by atoms with E-state index in [0.717, 1.165) is 22.5 Å². The van der Waals surface area contributed by atoms with Crippen molar-refractivity contribution in [3.63, 3.8) is 0 Å². The van der Waals surface area contributed by atoms with E-state index in [0.29, 0.717) is 5.92 Å². The van der Waals surface area contributed by atoms with Gasteiger partial charge in [0.05, 0.1) is 7.11 Å². The van der Waals surface area contributed by atoms with Crippen LogP contribution in [-0.2, 0) is 6.42 Å². The second-order valence-electron chi connectivity index (χ2n) is 5.08. The molecule has 1 aromatic carbocycles. The lowest BCUT2D eigenvalue weighted by Crippen LogP contribution is -2.28. The third-order valence-electron chi connectivity index (χ3n) is 3.54. The van der Waals surface area contributed by atoms with Crippen LogP contribution < -0.4 is 4.74 Å². The first-order chi connectivity index (χ1) is 7.92. The fourth-order valence-corrected chi connectivity index (χ4v) is 2.77. The van der Waals surface area contributed by atoms with Gasteiger partial charge in [-0.3, -0.25) is 0 Å². The van der Waals surface area contributed by atoms with Gasteiger partial charge in [0, 0.05) is 10.4 Å². The highest BCUT2D eigenvalue weighted by Crippen LogP contribution is 2.36. The van der Waals surface area contributed by atoms with Gasteiger partial charge < -0.3 is 4.74 Å². The Kier molecular flexibility index (Phi) is 5.33. The van der Waals surface area contributed by atoms with Crippen molar-refractivity contribution in [3.8, 4) is 5.75 Å². The summed E-state index contributed by atoms with van der Waals surface area (Å²) in [6.45, 7) is 6.78.